The van der Waals surface area contributed by atoms with E-state index in [1.165, 1.54) is 5.56 Å². The van der Waals surface area contributed by atoms with E-state index >= 15 is 0 Å². The minimum atomic E-state index is -0.158. The van der Waals surface area contributed by atoms with Gasteiger partial charge in [0.15, 0.2) is 0 Å². The van der Waals surface area contributed by atoms with E-state index in [4.69, 9.17) is 0 Å². The van der Waals surface area contributed by atoms with Crippen LogP contribution in [0.25, 0.3) is 0 Å². The summed E-state index contributed by atoms with van der Waals surface area (Å²) in [6.07, 6.45) is 3.20. The van der Waals surface area contributed by atoms with E-state index < -0.39 is 0 Å². The van der Waals surface area contributed by atoms with Crippen molar-refractivity contribution < 1.29 is 4.79 Å². The fourth-order valence-electron chi connectivity index (χ4n) is 1.70. The standard InChI is InChI=1S/C15H18N4O/c1-10-5-6-12(7-11(10)2)14(20)18-13-8-16-15(17-9-13)19(3)4/h5-9H,1-4H3,(H,18,20). The van der Waals surface area contributed by atoms with Crippen molar-refractivity contribution in [3.8, 4) is 0 Å². The highest BCUT2D eigenvalue weighted by Crippen LogP contribution is 2.13. The summed E-state index contributed by atoms with van der Waals surface area (Å²) in [4.78, 5) is 22.2. The number of hydrogen-bond acceptors (Lipinski definition) is 4. The van der Waals surface area contributed by atoms with Crippen molar-refractivity contribution in [3.05, 3.63) is 47.3 Å². The van der Waals surface area contributed by atoms with Crippen LogP contribution in [0, 0.1) is 13.8 Å². The highest BCUT2D eigenvalue weighted by Gasteiger charge is 2.08. The van der Waals surface area contributed by atoms with Gasteiger partial charge in [0.05, 0.1) is 18.1 Å². The molecular formula is C15H18N4O. The summed E-state index contributed by atoms with van der Waals surface area (Å²) in [7, 11) is 3.73. The Morgan fingerprint density at radius 2 is 1.75 bits per heavy atom. The number of carbonyl (C=O) groups excluding carboxylic acids is 1. The first kappa shape index (κ1) is 14.0. The number of carbonyl (C=O) groups is 1. The normalized spacial score (nSPS) is 10.2. The summed E-state index contributed by atoms with van der Waals surface area (Å²) in [5.74, 6) is 0.448. The third-order valence-electron chi connectivity index (χ3n) is 3.07. The Morgan fingerprint density at radius 1 is 1.10 bits per heavy atom. The smallest absolute Gasteiger partial charge is 0.255 e. The summed E-state index contributed by atoms with van der Waals surface area (Å²) < 4.78 is 0. The third kappa shape index (κ3) is 3.12. The van der Waals surface area contributed by atoms with Gasteiger partial charge in [0.2, 0.25) is 5.95 Å². The Bertz CT molecular complexity index is 620. The molecule has 5 nitrogen and oxygen atoms in total. The van der Waals surface area contributed by atoms with Gasteiger partial charge in [0, 0.05) is 19.7 Å². The molecule has 0 bridgehead atoms. The molecule has 0 spiro atoms. The molecule has 1 aromatic heterocycles. The van der Waals surface area contributed by atoms with Crippen molar-refractivity contribution in [2.24, 2.45) is 0 Å². The maximum atomic E-state index is 12.1. The topological polar surface area (TPSA) is 58.1 Å². The lowest BCUT2D eigenvalue weighted by Crippen LogP contribution is -2.15. The van der Waals surface area contributed by atoms with Crippen molar-refractivity contribution >= 4 is 17.5 Å². The number of benzene rings is 1. The van der Waals surface area contributed by atoms with Crippen LogP contribution in [-0.4, -0.2) is 30.0 Å². The summed E-state index contributed by atoms with van der Waals surface area (Å²) in [5, 5.41) is 2.79. The van der Waals surface area contributed by atoms with Gasteiger partial charge < -0.3 is 10.2 Å². The molecule has 2 aromatic rings. The van der Waals surface area contributed by atoms with Gasteiger partial charge in [0.1, 0.15) is 0 Å². The lowest BCUT2D eigenvalue weighted by Gasteiger charge is -2.10. The molecule has 1 heterocycles. The zero-order valence-electron chi connectivity index (χ0n) is 12.1. The Kier molecular flexibility index (Phi) is 3.98. The maximum absolute atomic E-state index is 12.1. The van der Waals surface area contributed by atoms with Crippen LogP contribution in [0.5, 0.6) is 0 Å². The second-order valence-electron chi connectivity index (χ2n) is 4.92. The third-order valence-corrected chi connectivity index (χ3v) is 3.07. The average Bonchev–Trinajstić information content (AvgIpc) is 2.42. The molecule has 0 saturated heterocycles. The Labute approximate surface area is 118 Å². The summed E-state index contributed by atoms with van der Waals surface area (Å²) in [6, 6.07) is 5.63. The molecule has 0 saturated carbocycles. The van der Waals surface area contributed by atoms with Crippen molar-refractivity contribution in [1.82, 2.24) is 9.97 Å². The molecule has 2 rings (SSSR count). The van der Waals surface area contributed by atoms with Crippen molar-refractivity contribution in [2.75, 3.05) is 24.3 Å². The number of nitrogens with zero attached hydrogens (tertiary/aromatic N) is 3. The number of anilines is 2. The number of hydrogen-bond donors (Lipinski definition) is 1. The Hall–Kier alpha value is -2.43. The summed E-state index contributed by atoms with van der Waals surface area (Å²) in [6.45, 7) is 4.01. The molecule has 1 N–H and O–H groups in total. The number of rotatable bonds is 3. The monoisotopic (exact) mass is 270 g/mol. The Morgan fingerprint density at radius 3 is 2.30 bits per heavy atom. The zero-order valence-corrected chi connectivity index (χ0v) is 12.1. The number of nitrogens with one attached hydrogen (secondary N) is 1. The minimum absolute atomic E-state index is 0.158. The van der Waals surface area contributed by atoms with E-state index in [2.05, 4.69) is 15.3 Å². The van der Waals surface area contributed by atoms with Gasteiger partial charge in [-0.1, -0.05) is 6.07 Å². The molecule has 0 fully saturated rings. The molecule has 0 aliphatic heterocycles. The second-order valence-corrected chi connectivity index (χ2v) is 4.92. The zero-order chi connectivity index (χ0) is 14.7. The molecule has 20 heavy (non-hydrogen) atoms. The SMILES string of the molecule is Cc1ccc(C(=O)Nc2cnc(N(C)C)nc2)cc1C. The van der Waals surface area contributed by atoms with Gasteiger partial charge in [-0.3, -0.25) is 4.79 Å². The summed E-state index contributed by atoms with van der Waals surface area (Å²) >= 11 is 0. The van der Waals surface area contributed by atoms with E-state index in [-0.39, 0.29) is 5.91 Å². The van der Waals surface area contributed by atoms with Crippen LogP contribution < -0.4 is 10.2 Å². The first-order valence-electron chi connectivity index (χ1n) is 6.35. The van der Waals surface area contributed by atoms with Crippen molar-refractivity contribution in [3.63, 3.8) is 0 Å². The summed E-state index contributed by atoms with van der Waals surface area (Å²) in [5.41, 5.74) is 3.47. The van der Waals surface area contributed by atoms with E-state index in [1.807, 2.05) is 46.1 Å². The van der Waals surface area contributed by atoms with E-state index in [9.17, 15) is 4.79 Å². The van der Waals surface area contributed by atoms with Crippen LogP contribution in [-0.2, 0) is 0 Å². The molecule has 0 atom stereocenters. The molecule has 5 heteroatoms. The fraction of sp³-hybridized carbons (Fsp3) is 0.267. The predicted octanol–water partition coefficient (Wildman–Crippen LogP) is 2.41. The first-order valence-corrected chi connectivity index (χ1v) is 6.35. The van der Waals surface area contributed by atoms with Gasteiger partial charge in [0.25, 0.3) is 5.91 Å². The molecule has 1 aromatic carbocycles. The van der Waals surface area contributed by atoms with Crippen molar-refractivity contribution in [2.45, 2.75) is 13.8 Å². The molecule has 0 radical (unpaired) electrons. The van der Waals surface area contributed by atoms with E-state index in [1.54, 1.807) is 17.3 Å². The van der Waals surface area contributed by atoms with Gasteiger partial charge in [-0.05, 0) is 37.1 Å². The quantitative estimate of drug-likeness (QED) is 0.930. The number of aromatic nitrogens is 2. The van der Waals surface area contributed by atoms with Gasteiger partial charge in [-0.15, -0.1) is 0 Å². The van der Waals surface area contributed by atoms with Gasteiger partial charge in [-0.25, -0.2) is 9.97 Å². The van der Waals surface area contributed by atoms with Crippen LogP contribution in [0.2, 0.25) is 0 Å². The van der Waals surface area contributed by atoms with Crippen LogP contribution >= 0.6 is 0 Å². The van der Waals surface area contributed by atoms with E-state index in [0.29, 0.717) is 17.2 Å². The highest BCUT2D eigenvalue weighted by atomic mass is 16.1. The highest BCUT2D eigenvalue weighted by molar-refractivity contribution is 6.04. The molecular weight excluding hydrogens is 252 g/mol. The molecule has 0 unspecified atom stereocenters. The lowest BCUT2D eigenvalue weighted by molar-refractivity contribution is 0.102. The van der Waals surface area contributed by atoms with E-state index in [0.717, 1.165) is 5.56 Å². The maximum Gasteiger partial charge on any atom is 0.255 e. The van der Waals surface area contributed by atoms with Crippen LogP contribution in [0.3, 0.4) is 0 Å². The second kappa shape index (κ2) is 5.69. The molecule has 1 amide bonds. The number of amides is 1. The molecule has 104 valence electrons. The van der Waals surface area contributed by atoms with Gasteiger partial charge >= 0.3 is 0 Å². The number of aryl methyl sites for hydroxylation is 2. The predicted molar refractivity (Wildman–Crippen MR) is 80.2 cm³/mol. The lowest BCUT2D eigenvalue weighted by atomic mass is 10.1. The van der Waals surface area contributed by atoms with Crippen LogP contribution in [0.1, 0.15) is 21.5 Å². The fourth-order valence-corrected chi connectivity index (χ4v) is 1.70. The van der Waals surface area contributed by atoms with Crippen LogP contribution in [0.4, 0.5) is 11.6 Å². The Balaban J connectivity index is 2.12. The van der Waals surface area contributed by atoms with Gasteiger partial charge in [-0.2, -0.15) is 0 Å². The molecule has 0 aliphatic rings. The van der Waals surface area contributed by atoms with Crippen molar-refractivity contribution in [1.29, 1.82) is 0 Å². The average molecular weight is 270 g/mol. The largest absolute Gasteiger partial charge is 0.347 e. The van der Waals surface area contributed by atoms with Crippen LogP contribution in [0.15, 0.2) is 30.6 Å². The minimum Gasteiger partial charge on any atom is -0.347 e. The molecule has 0 aliphatic carbocycles. The first-order chi connectivity index (χ1) is 9.47.